The molecule has 0 bridgehead atoms. The number of hydrogen-bond donors (Lipinski definition) is 0. The minimum absolute atomic E-state index is 0.00521. The smallest absolute Gasteiger partial charge is 0.0811 e. The molecule has 1 rings (SSSR count). The van der Waals surface area contributed by atoms with Crippen LogP contribution >= 0.6 is 15.9 Å². The van der Waals surface area contributed by atoms with Gasteiger partial charge in [-0.2, -0.15) is 0 Å². The molecule has 2 atom stereocenters. The third-order valence-corrected chi connectivity index (χ3v) is 3.59. The van der Waals surface area contributed by atoms with Crippen LogP contribution < -0.4 is 0 Å². The summed E-state index contributed by atoms with van der Waals surface area (Å²) in [6.45, 7) is 8.43. The molecule has 0 heterocycles. The first-order valence-electron chi connectivity index (χ1n) is 5.14. The summed E-state index contributed by atoms with van der Waals surface area (Å²) in [4.78, 5) is 4.41. The van der Waals surface area contributed by atoms with Crippen LogP contribution in [0.4, 0.5) is 0 Å². The topological polar surface area (TPSA) is 4.36 Å². The Hall–Kier alpha value is -0.290. The third-order valence-electron chi connectivity index (χ3n) is 2.93. The van der Waals surface area contributed by atoms with Gasteiger partial charge in [-0.15, -0.1) is 0 Å². The van der Waals surface area contributed by atoms with Crippen LogP contribution in [0.25, 0.3) is 4.85 Å². The Morgan fingerprint density at radius 2 is 2.21 bits per heavy atom. The average Bonchev–Trinajstić information content (AvgIpc) is 2.03. The lowest BCUT2D eigenvalue weighted by molar-refractivity contribution is 0.384. The van der Waals surface area contributed by atoms with Crippen molar-refractivity contribution < 1.29 is 0 Å². The number of hydrogen-bond acceptors (Lipinski definition) is 0. The summed E-state index contributed by atoms with van der Waals surface area (Å²) in [5.74, 6) is 0.542. The number of allylic oxidation sites excluding steroid dienone is 1. The van der Waals surface area contributed by atoms with Gasteiger partial charge >= 0.3 is 0 Å². The minimum atomic E-state index is -0.00521. The molecule has 0 aromatic rings. The van der Waals surface area contributed by atoms with Crippen LogP contribution in [-0.4, -0.2) is 9.86 Å². The summed E-state index contributed by atoms with van der Waals surface area (Å²) in [7, 11) is 0. The van der Waals surface area contributed by atoms with Gasteiger partial charge in [-0.3, -0.25) is 0 Å². The van der Waals surface area contributed by atoms with E-state index in [0.29, 0.717) is 5.92 Å². The predicted octanol–water partition coefficient (Wildman–Crippen LogP) is 4.24. The fraction of sp³-hybridized carbons (Fsp3) is 0.750. The van der Waals surface area contributed by atoms with Crippen molar-refractivity contribution in [1.29, 1.82) is 0 Å². The van der Waals surface area contributed by atoms with E-state index in [9.17, 15) is 0 Å². The first-order chi connectivity index (χ1) is 6.37. The Bertz CT molecular complexity index is 291. The predicted molar refractivity (Wildman–Crippen MR) is 66.2 cm³/mol. The molecule has 0 aliphatic heterocycles. The monoisotopic (exact) mass is 256 g/mol. The standard InChI is InChI=1S/C12H19BrN/c1-5-14-11(2,3)10-6-8-12(4,13)9-7-10/h6,8,10H,7,9H2,1-4H3/q+1/t10-,12-/m0/s1. The van der Waals surface area contributed by atoms with Gasteiger partial charge in [0.2, 0.25) is 0 Å². The van der Waals surface area contributed by atoms with Crippen LogP contribution in [0.3, 0.4) is 0 Å². The molecule has 0 fully saturated rings. The van der Waals surface area contributed by atoms with Gasteiger partial charge < -0.3 is 0 Å². The molecule has 0 saturated carbocycles. The van der Waals surface area contributed by atoms with Crippen LogP contribution in [-0.2, 0) is 0 Å². The van der Waals surface area contributed by atoms with Crippen LogP contribution in [0, 0.1) is 12.0 Å². The number of rotatable bonds is 1. The fourth-order valence-electron chi connectivity index (χ4n) is 1.89. The highest BCUT2D eigenvalue weighted by Crippen LogP contribution is 2.38. The number of nitrogens with zero attached hydrogens (tertiary/aromatic N) is 1. The first-order valence-corrected chi connectivity index (χ1v) is 5.94. The fourth-order valence-corrected chi connectivity index (χ4v) is 2.28. The number of alkyl halides is 1. The van der Waals surface area contributed by atoms with Crippen LogP contribution in [0.15, 0.2) is 12.2 Å². The summed E-state index contributed by atoms with van der Waals surface area (Å²) in [5.41, 5.74) is -0.00521. The van der Waals surface area contributed by atoms with Crippen molar-refractivity contribution >= 4 is 15.9 Å². The van der Waals surface area contributed by atoms with Crippen molar-refractivity contribution in [2.45, 2.75) is 50.4 Å². The molecule has 1 nitrogen and oxygen atoms in total. The van der Waals surface area contributed by atoms with Crippen LogP contribution in [0.5, 0.6) is 0 Å². The second-order valence-corrected chi connectivity index (χ2v) is 6.58. The zero-order valence-electron chi connectivity index (χ0n) is 9.47. The van der Waals surface area contributed by atoms with Crippen LogP contribution in [0.2, 0.25) is 0 Å². The Labute approximate surface area is 95.5 Å². The van der Waals surface area contributed by atoms with E-state index >= 15 is 0 Å². The second kappa shape index (κ2) is 4.06. The molecule has 0 saturated heterocycles. The lowest BCUT2D eigenvalue weighted by Crippen LogP contribution is -2.31. The SMILES string of the molecule is CC#[N+]C(C)(C)[C@H]1C=C[C@](C)(Br)CC1. The molecular weight excluding hydrogens is 238 g/mol. The molecule has 1 aliphatic rings. The molecule has 0 aromatic heterocycles. The van der Waals surface area contributed by atoms with Gasteiger partial charge in [-0.1, -0.05) is 32.9 Å². The molecule has 2 heteroatoms. The summed E-state index contributed by atoms with van der Waals surface area (Å²) in [6.07, 6.45) is 6.92. The van der Waals surface area contributed by atoms with E-state index in [4.69, 9.17) is 0 Å². The van der Waals surface area contributed by atoms with Crippen molar-refractivity contribution in [3.8, 4) is 6.07 Å². The normalized spacial score (nSPS) is 32.2. The summed E-state index contributed by atoms with van der Waals surface area (Å²) >= 11 is 3.69. The maximum Gasteiger partial charge on any atom is 0.281 e. The van der Waals surface area contributed by atoms with Crippen LogP contribution in [0.1, 0.15) is 40.5 Å². The molecule has 0 N–H and O–H groups in total. The third kappa shape index (κ3) is 2.85. The molecule has 78 valence electrons. The molecule has 0 aromatic carbocycles. The van der Waals surface area contributed by atoms with Gasteiger partial charge in [0.25, 0.3) is 11.6 Å². The van der Waals surface area contributed by atoms with E-state index in [0.717, 1.165) is 0 Å². The van der Waals surface area contributed by atoms with Gasteiger partial charge in [0.15, 0.2) is 0 Å². The first kappa shape index (κ1) is 11.8. The minimum Gasteiger partial charge on any atom is -0.0811 e. The molecule has 0 spiro atoms. The van der Waals surface area contributed by atoms with Gasteiger partial charge in [0.1, 0.15) is 0 Å². The zero-order valence-corrected chi connectivity index (χ0v) is 11.1. The van der Waals surface area contributed by atoms with Crippen molar-refractivity contribution in [2.24, 2.45) is 5.92 Å². The Morgan fingerprint density at radius 3 is 2.64 bits per heavy atom. The van der Waals surface area contributed by atoms with E-state index in [-0.39, 0.29) is 9.86 Å². The molecule has 1 aliphatic carbocycles. The molecular formula is C12H19BrN+. The lowest BCUT2D eigenvalue weighted by Gasteiger charge is -2.28. The van der Waals surface area contributed by atoms with Gasteiger partial charge in [-0.05, 0) is 19.8 Å². The Balaban J connectivity index is 2.78. The van der Waals surface area contributed by atoms with E-state index in [1.54, 1.807) is 0 Å². The van der Waals surface area contributed by atoms with Gasteiger partial charge in [0, 0.05) is 18.2 Å². The molecule has 14 heavy (non-hydrogen) atoms. The van der Waals surface area contributed by atoms with Crippen molar-refractivity contribution in [3.63, 3.8) is 0 Å². The average molecular weight is 257 g/mol. The highest BCUT2D eigenvalue weighted by atomic mass is 79.9. The van der Waals surface area contributed by atoms with Crippen molar-refractivity contribution in [1.82, 2.24) is 0 Å². The quantitative estimate of drug-likeness (QED) is 0.489. The van der Waals surface area contributed by atoms with Crippen molar-refractivity contribution in [3.05, 3.63) is 17.0 Å². The maximum absolute atomic E-state index is 4.41. The largest absolute Gasteiger partial charge is 0.281 e. The maximum atomic E-state index is 4.41. The van der Waals surface area contributed by atoms with Gasteiger partial charge in [0.05, 0.1) is 12.8 Å². The van der Waals surface area contributed by atoms with E-state index in [1.807, 2.05) is 6.92 Å². The summed E-state index contributed by atoms with van der Waals surface area (Å²) in [5, 5.41) is 0. The van der Waals surface area contributed by atoms with E-state index in [1.165, 1.54) is 12.8 Å². The Kier molecular flexibility index (Phi) is 3.42. The molecule has 0 radical (unpaired) electrons. The lowest BCUT2D eigenvalue weighted by atomic mass is 9.79. The zero-order chi connectivity index (χ0) is 10.8. The summed E-state index contributed by atoms with van der Waals surface area (Å²) < 4.78 is 0.194. The molecule has 0 unspecified atom stereocenters. The Morgan fingerprint density at radius 1 is 1.57 bits per heavy atom. The molecule has 0 amide bonds. The highest BCUT2D eigenvalue weighted by molar-refractivity contribution is 9.10. The van der Waals surface area contributed by atoms with Gasteiger partial charge in [-0.25, -0.2) is 0 Å². The summed E-state index contributed by atoms with van der Waals surface area (Å²) in [6, 6.07) is 2.91. The van der Waals surface area contributed by atoms with E-state index in [2.05, 4.69) is 59.8 Å². The second-order valence-electron chi connectivity index (χ2n) is 4.77. The van der Waals surface area contributed by atoms with Crippen molar-refractivity contribution in [2.75, 3.05) is 0 Å². The van der Waals surface area contributed by atoms with E-state index < -0.39 is 0 Å². The number of halogens is 1. The highest BCUT2D eigenvalue weighted by Gasteiger charge is 2.40.